The van der Waals surface area contributed by atoms with Gasteiger partial charge in [-0.2, -0.15) is 11.8 Å². The van der Waals surface area contributed by atoms with Gasteiger partial charge in [0.05, 0.1) is 7.11 Å². The van der Waals surface area contributed by atoms with Crippen molar-refractivity contribution in [2.45, 2.75) is 12.8 Å². The summed E-state index contributed by atoms with van der Waals surface area (Å²) in [5, 5.41) is 3.38. The van der Waals surface area contributed by atoms with Crippen LogP contribution in [-0.2, 0) is 0 Å². The molecule has 0 aliphatic rings. The first-order chi connectivity index (χ1) is 8.86. The van der Waals surface area contributed by atoms with Gasteiger partial charge in [0.15, 0.2) is 0 Å². The number of ether oxygens (including phenoxy) is 2. The van der Waals surface area contributed by atoms with E-state index >= 15 is 0 Å². The highest BCUT2D eigenvalue weighted by Gasteiger charge is 1.95. The Bertz CT molecular complexity index is 303. The van der Waals surface area contributed by atoms with Gasteiger partial charge in [-0.15, -0.1) is 0 Å². The van der Waals surface area contributed by atoms with Crippen molar-refractivity contribution >= 4 is 11.8 Å². The normalized spacial score (nSPS) is 10.3. The van der Waals surface area contributed by atoms with Crippen LogP contribution in [0.1, 0.15) is 12.8 Å². The quantitative estimate of drug-likeness (QED) is 0.662. The summed E-state index contributed by atoms with van der Waals surface area (Å²) in [5.41, 5.74) is 0. The molecular weight excluding hydrogens is 246 g/mol. The van der Waals surface area contributed by atoms with Gasteiger partial charge in [0.2, 0.25) is 0 Å². The largest absolute Gasteiger partial charge is 0.497 e. The Kier molecular flexibility index (Phi) is 8.51. The molecule has 18 heavy (non-hydrogen) atoms. The van der Waals surface area contributed by atoms with Crippen LogP contribution >= 0.6 is 11.8 Å². The van der Waals surface area contributed by atoms with Crippen LogP contribution in [-0.4, -0.2) is 38.8 Å². The van der Waals surface area contributed by atoms with Gasteiger partial charge in [-0.1, -0.05) is 0 Å². The van der Waals surface area contributed by atoms with Crippen molar-refractivity contribution < 1.29 is 9.47 Å². The molecule has 0 heterocycles. The molecule has 0 saturated carbocycles. The zero-order valence-corrected chi connectivity index (χ0v) is 12.1. The summed E-state index contributed by atoms with van der Waals surface area (Å²) in [4.78, 5) is 0. The van der Waals surface area contributed by atoms with E-state index in [0.717, 1.165) is 24.6 Å². The smallest absolute Gasteiger partial charge is 0.119 e. The van der Waals surface area contributed by atoms with Crippen molar-refractivity contribution in [2.24, 2.45) is 0 Å². The number of nitrogens with one attached hydrogen (secondary N) is 1. The van der Waals surface area contributed by atoms with Crippen LogP contribution in [0.2, 0.25) is 0 Å². The summed E-state index contributed by atoms with van der Waals surface area (Å²) >= 11 is 1.91. The molecule has 1 aromatic carbocycles. The molecule has 0 saturated heterocycles. The summed E-state index contributed by atoms with van der Waals surface area (Å²) in [6, 6.07) is 7.67. The fraction of sp³-hybridized carbons (Fsp3) is 0.571. The van der Waals surface area contributed by atoms with Crippen molar-refractivity contribution in [3.8, 4) is 11.5 Å². The van der Waals surface area contributed by atoms with E-state index in [9.17, 15) is 0 Å². The Morgan fingerprint density at radius 3 is 2.44 bits per heavy atom. The van der Waals surface area contributed by atoms with Crippen LogP contribution in [0.5, 0.6) is 11.5 Å². The van der Waals surface area contributed by atoms with Crippen molar-refractivity contribution in [1.29, 1.82) is 0 Å². The number of hydrogen-bond acceptors (Lipinski definition) is 4. The molecule has 1 aromatic rings. The van der Waals surface area contributed by atoms with Gasteiger partial charge in [0, 0.05) is 6.54 Å². The average molecular weight is 269 g/mol. The van der Waals surface area contributed by atoms with Crippen LogP contribution < -0.4 is 14.8 Å². The van der Waals surface area contributed by atoms with E-state index in [1.54, 1.807) is 7.11 Å². The van der Waals surface area contributed by atoms with Crippen molar-refractivity contribution in [3.05, 3.63) is 24.3 Å². The van der Waals surface area contributed by atoms with Crippen LogP contribution in [0.15, 0.2) is 24.3 Å². The molecule has 0 unspecified atom stereocenters. The van der Waals surface area contributed by atoms with E-state index in [0.29, 0.717) is 6.61 Å². The lowest BCUT2D eigenvalue weighted by atomic mass is 10.3. The minimum atomic E-state index is 0.703. The van der Waals surface area contributed by atoms with E-state index < -0.39 is 0 Å². The topological polar surface area (TPSA) is 30.5 Å². The molecule has 1 N–H and O–H groups in total. The first kappa shape index (κ1) is 15.2. The highest BCUT2D eigenvalue weighted by atomic mass is 32.2. The minimum Gasteiger partial charge on any atom is -0.497 e. The van der Waals surface area contributed by atoms with Crippen LogP contribution in [0.4, 0.5) is 0 Å². The SMILES string of the molecule is COc1ccc(OCCNCCCCSC)cc1. The maximum atomic E-state index is 5.61. The minimum absolute atomic E-state index is 0.703. The van der Waals surface area contributed by atoms with Gasteiger partial charge >= 0.3 is 0 Å². The van der Waals surface area contributed by atoms with E-state index in [1.165, 1.54) is 18.6 Å². The molecule has 0 bridgehead atoms. The second-order valence-electron chi connectivity index (χ2n) is 3.97. The Morgan fingerprint density at radius 1 is 1.06 bits per heavy atom. The fourth-order valence-corrected chi connectivity index (χ4v) is 2.03. The van der Waals surface area contributed by atoms with Gasteiger partial charge in [-0.3, -0.25) is 0 Å². The van der Waals surface area contributed by atoms with Crippen LogP contribution in [0.25, 0.3) is 0 Å². The van der Waals surface area contributed by atoms with Gasteiger partial charge in [0.25, 0.3) is 0 Å². The molecule has 0 amide bonds. The monoisotopic (exact) mass is 269 g/mol. The number of unbranched alkanes of at least 4 members (excludes halogenated alkanes) is 1. The second kappa shape index (κ2) is 10.1. The third-order valence-electron chi connectivity index (χ3n) is 2.56. The zero-order chi connectivity index (χ0) is 13.1. The molecule has 0 aromatic heterocycles. The zero-order valence-electron chi connectivity index (χ0n) is 11.3. The standard InChI is InChI=1S/C14H23NO2S/c1-16-13-5-7-14(8-6-13)17-11-10-15-9-3-4-12-18-2/h5-8,15H,3-4,9-12H2,1-2H3. The summed E-state index contributed by atoms with van der Waals surface area (Å²) in [6.45, 7) is 2.67. The lowest BCUT2D eigenvalue weighted by Crippen LogP contribution is -2.22. The van der Waals surface area contributed by atoms with Crippen molar-refractivity contribution in [1.82, 2.24) is 5.32 Å². The number of thioether (sulfide) groups is 1. The highest BCUT2D eigenvalue weighted by Crippen LogP contribution is 2.16. The maximum Gasteiger partial charge on any atom is 0.119 e. The molecule has 0 aliphatic carbocycles. The molecule has 102 valence electrons. The van der Waals surface area contributed by atoms with E-state index in [2.05, 4.69) is 11.6 Å². The second-order valence-corrected chi connectivity index (χ2v) is 4.96. The summed E-state index contributed by atoms with van der Waals surface area (Å²) in [5.74, 6) is 3.00. The van der Waals surface area contributed by atoms with Gasteiger partial charge in [0.1, 0.15) is 18.1 Å². The number of benzene rings is 1. The Balaban J connectivity index is 2.00. The van der Waals surface area contributed by atoms with Gasteiger partial charge in [-0.25, -0.2) is 0 Å². The van der Waals surface area contributed by atoms with Crippen LogP contribution in [0, 0.1) is 0 Å². The third kappa shape index (κ3) is 6.77. The lowest BCUT2D eigenvalue weighted by Gasteiger charge is -2.08. The summed E-state index contributed by atoms with van der Waals surface area (Å²) in [7, 11) is 1.66. The number of rotatable bonds is 10. The molecule has 1 rings (SSSR count). The average Bonchev–Trinajstić information content (AvgIpc) is 2.42. The maximum absolute atomic E-state index is 5.61. The molecular formula is C14H23NO2S. The van der Waals surface area contributed by atoms with E-state index in [1.807, 2.05) is 36.0 Å². The van der Waals surface area contributed by atoms with Gasteiger partial charge in [-0.05, 0) is 55.7 Å². The van der Waals surface area contributed by atoms with E-state index in [4.69, 9.17) is 9.47 Å². The molecule has 0 aliphatic heterocycles. The number of methoxy groups -OCH3 is 1. The van der Waals surface area contributed by atoms with Crippen LogP contribution in [0.3, 0.4) is 0 Å². The predicted octanol–water partition coefficient (Wildman–Crippen LogP) is 2.81. The van der Waals surface area contributed by atoms with Gasteiger partial charge < -0.3 is 14.8 Å². The first-order valence-electron chi connectivity index (χ1n) is 6.33. The Hall–Kier alpha value is -0.870. The Morgan fingerprint density at radius 2 is 1.78 bits per heavy atom. The molecule has 0 fully saturated rings. The van der Waals surface area contributed by atoms with Crippen molar-refractivity contribution in [3.63, 3.8) is 0 Å². The number of hydrogen-bond donors (Lipinski definition) is 1. The molecule has 0 spiro atoms. The molecule has 0 atom stereocenters. The van der Waals surface area contributed by atoms with E-state index in [-0.39, 0.29) is 0 Å². The highest BCUT2D eigenvalue weighted by molar-refractivity contribution is 7.98. The third-order valence-corrected chi connectivity index (χ3v) is 3.26. The molecule has 3 nitrogen and oxygen atoms in total. The predicted molar refractivity (Wildman–Crippen MR) is 79.0 cm³/mol. The Labute approximate surface area is 114 Å². The van der Waals surface area contributed by atoms with Crippen molar-refractivity contribution in [2.75, 3.05) is 38.8 Å². The summed E-state index contributed by atoms with van der Waals surface area (Å²) in [6.07, 6.45) is 4.67. The first-order valence-corrected chi connectivity index (χ1v) is 7.72. The summed E-state index contributed by atoms with van der Waals surface area (Å²) < 4.78 is 10.7. The molecule has 0 radical (unpaired) electrons. The molecule has 4 heteroatoms. The lowest BCUT2D eigenvalue weighted by molar-refractivity contribution is 0.313. The fourth-order valence-electron chi connectivity index (χ4n) is 1.53.